The molecule has 0 radical (unpaired) electrons. The minimum Gasteiger partial charge on any atom is -0.481 e. The molecule has 1 amide bonds. The van der Waals surface area contributed by atoms with Gasteiger partial charge < -0.3 is 15.4 Å². The summed E-state index contributed by atoms with van der Waals surface area (Å²) in [5, 5.41) is 12.6. The largest absolute Gasteiger partial charge is 0.481 e. The zero-order valence-electron chi connectivity index (χ0n) is 10.9. The molecule has 100 valence electrons. The van der Waals surface area contributed by atoms with Gasteiger partial charge >= 0.3 is 5.97 Å². The number of nitrogens with one attached hydrogen (secondary N) is 2. The lowest BCUT2D eigenvalue weighted by atomic mass is 10.00. The monoisotopic (exact) mass is 260 g/mol. The van der Waals surface area contributed by atoms with E-state index in [1.54, 1.807) is 0 Å². The third kappa shape index (κ3) is 2.76. The molecule has 2 rings (SSSR count). The Morgan fingerprint density at radius 1 is 1.37 bits per heavy atom. The van der Waals surface area contributed by atoms with Crippen LogP contribution in [0.3, 0.4) is 0 Å². The van der Waals surface area contributed by atoms with E-state index in [1.807, 2.05) is 31.2 Å². The molecule has 1 aromatic heterocycles. The lowest BCUT2D eigenvalue weighted by Crippen LogP contribution is -2.28. The summed E-state index contributed by atoms with van der Waals surface area (Å²) in [6, 6.07) is 7.13. The zero-order chi connectivity index (χ0) is 14.0. The first-order valence-corrected chi connectivity index (χ1v) is 6.05. The number of amides is 1. The summed E-state index contributed by atoms with van der Waals surface area (Å²) in [4.78, 5) is 25.4. The number of aryl methyl sites for hydroxylation is 1. The molecular weight excluding hydrogens is 244 g/mol. The molecule has 5 heteroatoms. The molecule has 1 aromatic carbocycles. The van der Waals surface area contributed by atoms with Gasteiger partial charge in [0.05, 0.1) is 12.5 Å². The Morgan fingerprint density at radius 2 is 2.05 bits per heavy atom. The van der Waals surface area contributed by atoms with Crippen LogP contribution in [0, 0.1) is 6.92 Å². The van der Waals surface area contributed by atoms with E-state index in [4.69, 9.17) is 5.11 Å². The lowest BCUT2D eigenvalue weighted by Gasteiger charge is -2.16. The van der Waals surface area contributed by atoms with Crippen molar-refractivity contribution < 1.29 is 14.7 Å². The zero-order valence-corrected chi connectivity index (χ0v) is 10.9. The highest BCUT2D eigenvalue weighted by Gasteiger charge is 2.22. The fourth-order valence-corrected chi connectivity index (χ4v) is 2.39. The fraction of sp³-hybridized carbons (Fsp3) is 0.286. The smallest absolute Gasteiger partial charge is 0.305 e. The SMILES string of the molecule is CC(=O)NC(CC(=O)O)c1c(C)[nH]c2ccccc12. The Hall–Kier alpha value is -2.30. The molecule has 0 fully saturated rings. The second-order valence-corrected chi connectivity index (χ2v) is 4.56. The van der Waals surface area contributed by atoms with Crippen molar-refractivity contribution in [3.05, 3.63) is 35.5 Å². The number of carboxylic acid groups (broad SMARTS) is 1. The predicted molar refractivity (Wildman–Crippen MR) is 71.8 cm³/mol. The number of carbonyl (C=O) groups is 2. The number of aliphatic carboxylic acids is 1. The summed E-state index contributed by atoms with van der Waals surface area (Å²) >= 11 is 0. The average molecular weight is 260 g/mol. The van der Waals surface area contributed by atoms with Gasteiger partial charge in [-0.15, -0.1) is 0 Å². The first-order valence-electron chi connectivity index (χ1n) is 6.05. The molecule has 1 atom stereocenters. The molecule has 19 heavy (non-hydrogen) atoms. The van der Waals surface area contributed by atoms with Crippen LogP contribution in [0.5, 0.6) is 0 Å². The van der Waals surface area contributed by atoms with Gasteiger partial charge in [-0.25, -0.2) is 0 Å². The Bertz CT molecular complexity index is 615. The number of aromatic amines is 1. The number of fused-ring (bicyclic) bond motifs is 1. The average Bonchev–Trinajstić information content (AvgIpc) is 2.62. The number of hydrogen-bond donors (Lipinski definition) is 3. The Kier molecular flexibility index (Phi) is 3.55. The first-order chi connectivity index (χ1) is 8.99. The number of hydrogen-bond acceptors (Lipinski definition) is 2. The van der Waals surface area contributed by atoms with Gasteiger partial charge in [0, 0.05) is 29.1 Å². The lowest BCUT2D eigenvalue weighted by molar-refractivity contribution is -0.137. The summed E-state index contributed by atoms with van der Waals surface area (Å²) in [6.07, 6.45) is -0.137. The van der Waals surface area contributed by atoms with E-state index in [1.165, 1.54) is 6.92 Å². The maximum atomic E-state index is 11.3. The highest BCUT2D eigenvalue weighted by molar-refractivity contribution is 5.86. The highest BCUT2D eigenvalue weighted by atomic mass is 16.4. The van der Waals surface area contributed by atoms with Gasteiger partial charge in [-0.1, -0.05) is 18.2 Å². The number of H-pyrrole nitrogens is 1. The Balaban J connectivity index is 2.51. The van der Waals surface area contributed by atoms with Crippen LogP contribution in [0.15, 0.2) is 24.3 Å². The van der Waals surface area contributed by atoms with Gasteiger partial charge in [0.2, 0.25) is 5.91 Å². The third-order valence-corrected chi connectivity index (χ3v) is 3.05. The molecule has 0 aliphatic heterocycles. The molecule has 5 nitrogen and oxygen atoms in total. The number of benzene rings is 1. The normalized spacial score (nSPS) is 12.3. The van der Waals surface area contributed by atoms with Crippen LogP contribution in [0.4, 0.5) is 0 Å². The minimum atomic E-state index is -0.941. The van der Waals surface area contributed by atoms with Gasteiger partial charge in [0.25, 0.3) is 0 Å². The van der Waals surface area contributed by atoms with Crippen molar-refractivity contribution in [1.82, 2.24) is 10.3 Å². The van der Waals surface area contributed by atoms with Crippen LogP contribution in [0.2, 0.25) is 0 Å². The molecule has 0 aliphatic carbocycles. The number of para-hydroxylation sites is 1. The topological polar surface area (TPSA) is 82.2 Å². The van der Waals surface area contributed by atoms with Crippen LogP contribution in [0.1, 0.15) is 30.6 Å². The molecule has 0 saturated carbocycles. The molecule has 0 aliphatic rings. The maximum Gasteiger partial charge on any atom is 0.305 e. The van der Waals surface area contributed by atoms with Gasteiger partial charge in [0.1, 0.15) is 0 Å². The predicted octanol–water partition coefficient (Wildman–Crippen LogP) is 2.13. The molecule has 1 heterocycles. The molecule has 1 unspecified atom stereocenters. The molecule has 0 saturated heterocycles. The minimum absolute atomic E-state index is 0.137. The van der Waals surface area contributed by atoms with Crippen LogP contribution in [-0.4, -0.2) is 22.0 Å². The van der Waals surface area contributed by atoms with Crippen LogP contribution >= 0.6 is 0 Å². The van der Waals surface area contributed by atoms with Crippen LogP contribution in [-0.2, 0) is 9.59 Å². The second-order valence-electron chi connectivity index (χ2n) is 4.56. The van der Waals surface area contributed by atoms with E-state index in [0.717, 1.165) is 22.2 Å². The van der Waals surface area contributed by atoms with Crippen molar-refractivity contribution in [2.45, 2.75) is 26.3 Å². The van der Waals surface area contributed by atoms with E-state index in [2.05, 4.69) is 10.3 Å². The third-order valence-electron chi connectivity index (χ3n) is 3.05. The van der Waals surface area contributed by atoms with Gasteiger partial charge in [-0.3, -0.25) is 9.59 Å². The quantitative estimate of drug-likeness (QED) is 0.787. The van der Waals surface area contributed by atoms with Gasteiger partial charge in [-0.05, 0) is 13.0 Å². The van der Waals surface area contributed by atoms with Crippen molar-refractivity contribution in [2.24, 2.45) is 0 Å². The van der Waals surface area contributed by atoms with E-state index < -0.39 is 12.0 Å². The molecule has 2 aromatic rings. The number of aromatic nitrogens is 1. The van der Waals surface area contributed by atoms with Crippen molar-refractivity contribution in [3.8, 4) is 0 Å². The van der Waals surface area contributed by atoms with Gasteiger partial charge in [-0.2, -0.15) is 0 Å². The van der Waals surface area contributed by atoms with E-state index >= 15 is 0 Å². The van der Waals surface area contributed by atoms with E-state index in [0.29, 0.717) is 0 Å². The number of carboxylic acids is 1. The van der Waals surface area contributed by atoms with Crippen molar-refractivity contribution >= 4 is 22.8 Å². The second kappa shape index (κ2) is 5.14. The molecule has 0 bridgehead atoms. The van der Waals surface area contributed by atoms with E-state index in [-0.39, 0.29) is 12.3 Å². The van der Waals surface area contributed by atoms with Crippen molar-refractivity contribution in [2.75, 3.05) is 0 Å². The molecule has 0 spiro atoms. The van der Waals surface area contributed by atoms with Gasteiger partial charge in [0.15, 0.2) is 0 Å². The number of carbonyl (C=O) groups excluding carboxylic acids is 1. The molecule has 3 N–H and O–H groups in total. The molecular formula is C14H16N2O3. The highest BCUT2D eigenvalue weighted by Crippen LogP contribution is 2.29. The first kappa shape index (κ1) is 13.1. The summed E-state index contributed by atoms with van der Waals surface area (Å²) in [7, 11) is 0. The Labute approximate surface area is 110 Å². The summed E-state index contributed by atoms with van der Waals surface area (Å²) in [5.41, 5.74) is 2.66. The summed E-state index contributed by atoms with van der Waals surface area (Å²) in [6.45, 7) is 3.27. The number of rotatable bonds is 4. The maximum absolute atomic E-state index is 11.3. The standard InChI is InChI=1S/C14H16N2O3/c1-8-14(10-5-3-4-6-11(10)15-8)12(7-13(18)19)16-9(2)17/h3-6,12,15H,7H2,1-2H3,(H,16,17)(H,18,19). The van der Waals surface area contributed by atoms with Crippen LogP contribution < -0.4 is 5.32 Å². The fourth-order valence-electron chi connectivity index (χ4n) is 2.39. The summed E-state index contributed by atoms with van der Waals surface area (Å²) in [5.74, 6) is -1.18. The van der Waals surface area contributed by atoms with Crippen molar-refractivity contribution in [1.29, 1.82) is 0 Å². The Morgan fingerprint density at radius 3 is 2.68 bits per heavy atom. The van der Waals surface area contributed by atoms with E-state index in [9.17, 15) is 9.59 Å². The summed E-state index contributed by atoms with van der Waals surface area (Å²) < 4.78 is 0. The van der Waals surface area contributed by atoms with Crippen molar-refractivity contribution in [3.63, 3.8) is 0 Å². The van der Waals surface area contributed by atoms with Crippen LogP contribution in [0.25, 0.3) is 10.9 Å².